The van der Waals surface area contributed by atoms with E-state index in [1.807, 2.05) is 6.07 Å². The quantitative estimate of drug-likeness (QED) is 0.647. The molecule has 1 N–H and O–H groups in total. The first kappa shape index (κ1) is 12.3. The largest absolute Gasteiger partial charge is 0.483 e. The van der Waals surface area contributed by atoms with Crippen LogP contribution in [0.1, 0.15) is 18.4 Å². The van der Waals surface area contributed by atoms with Gasteiger partial charge in [0.2, 0.25) is 0 Å². The summed E-state index contributed by atoms with van der Waals surface area (Å²) in [5.41, 5.74) is -0.204. The van der Waals surface area contributed by atoms with E-state index in [0.717, 1.165) is 25.9 Å². The van der Waals surface area contributed by atoms with Gasteiger partial charge in [-0.3, -0.25) is 10.1 Å². The zero-order chi connectivity index (χ0) is 13.0. The Morgan fingerprint density at radius 1 is 1.44 bits per heavy atom. The van der Waals surface area contributed by atoms with Crippen molar-refractivity contribution >= 4 is 5.69 Å². The number of nitro groups is 1. The Morgan fingerprint density at radius 2 is 2.17 bits per heavy atom. The molecule has 6 heteroatoms. The third-order valence-electron chi connectivity index (χ3n) is 2.88. The van der Waals surface area contributed by atoms with Crippen LogP contribution in [0, 0.1) is 21.4 Å². The summed E-state index contributed by atoms with van der Waals surface area (Å²) in [6, 6.07) is 6.39. The second kappa shape index (κ2) is 5.47. The van der Waals surface area contributed by atoms with Gasteiger partial charge in [0.1, 0.15) is 17.7 Å². The third kappa shape index (κ3) is 2.57. The Hall–Kier alpha value is -2.13. The lowest BCUT2D eigenvalue weighted by Gasteiger charge is -2.23. The minimum Gasteiger partial charge on any atom is -0.483 e. The summed E-state index contributed by atoms with van der Waals surface area (Å²) in [6.07, 6.45) is 1.60. The predicted octanol–water partition coefficient (Wildman–Crippen LogP) is 1.60. The van der Waals surface area contributed by atoms with Crippen LogP contribution in [-0.4, -0.2) is 24.1 Å². The molecule has 0 spiro atoms. The van der Waals surface area contributed by atoms with E-state index in [-0.39, 0.29) is 23.1 Å². The molecule has 94 valence electrons. The Bertz CT molecular complexity index is 490. The van der Waals surface area contributed by atoms with Gasteiger partial charge < -0.3 is 10.1 Å². The lowest BCUT2D eigenvalue weighted by atomic mass is 10.1. The summed E-state index contributed by atoms with van der Waals surface area (Å²) in [7, 11) is 0. The van der Waals surface area contributed by atoms with Crippen molar-refractivity contribution in [3.63, 3.8) is 0 Å². The highest BCUT2D eigenvalue weighted by Crippen LogP contribution is 2.31. The second-order valence-corrected chi connectivity index (χ2v) is 4.09. The van der Waals surface area contributed by atoms with E-state index in [1.54, 1.807) is 12.1 Å². The number of rotatable bonds is 3. The SMILES string of the molecule is N#Cc1cccc(OC2CCNCC2)c1[N+](=O)[O-]. The van der Waals surface area contributed by atoms with E-state index in [0.29, 0.717) is 0 Å². The number of hydrogen-bond donors (Lipinski definition) is 1. The van der Waals surface area contributed by atoms with Gasteiger partial charge in [-0.15, -0.1) is 0 Å². The maximum atomic E-state index is 11.0. The molecule has 0 bridgehead atoms. The van der Waals surface area contributed by atoms with Crippen molar-refractivity contribution in [2.24, 2.45) is 0 Å². The van der Waals surface area contributed by atoms with Crippen LogP contribution < -0.4 is 10.1 Å². The molecule has 1 saturated heterocycles. The highest BCUT2D eigenvalue weighted by atomic mass is 16.6. The molecule has 18 heavy (non-hydrogen) atoms. The standard InChI is InChI=1S/C12H13N3O3/c13-8-9-2-1-3-11(12(9)15(16)17)18-10-4-6-14-7-5-10/h1-3,10,14H,4-7H2. The van der Waals surface area contributed by atoms with Crippen molar-refractivity contribution in [1.82, 2.24) is 5.32 Å². The fraction of sp³-hybridized carbons (Fsp3) is 0.417. The molecule has 1 aromatic carbocycles. The fourth-order valence-electron chi connectivity index (χ4n) is 1.99. The van der Waals surface area contributed by atoms with Crippen LogP contribution in [0.15, 0.2) is 18.2 Å². The van der Waals surface area contributed by atoms with Crippen LogP contribution >= 0.6 is 0 Å². The van der Waals surface area contributed by atoms with E-state index < -0.39 is 4.92 Å². The number of hydrogen-bond acceptors (Lipinski definition) is 5. The zero-order valence-electron chi connectivity index (χ0n) is 9.76. The monoisotopic (exact) mass is 247 g/mol. The molecule has 0 amide bonds. The average molecular weight is 247 g/mol. The van der Waals surface area contributed by atoms with Crippen LogP contribution in [0.3, 0.4) is 0 Å². The van der Waals surface area contributed by atoms with E-state index >= 15 is 0 Å². The van der Waals surface area contributed by atoms with E-state index in [4.69, 9.17) is 10.00 Å². The minimum absolute atomic E-state index is 0.0288. The molecule has 0 aliphatic carbocycles. The molecule has 0 unspecified atom stereocenters. The summed E-state index contributed by atoms with van der Waals surface area (Å²) < 4.78 is 5.66. The van der Waals surface area contributed by atoms with Crippen molar-refractivity contribution in [2.75, 3.05) is 13.1 Å². The van der Waals surface area contributed by atoms with Crippen molar-refractivity contribution < 1.29 is 9.66 Å². The Balaban J connectivity index is 2.26. The number of ether oxygens (including phenoxy) is 1. The maximum absolute atomic E-state index is 11.0. The zero-order valence-corrected chi connectivity index (χ0v) is 9.76. The maximum Gasteiger partial charge on any atom is 0.328 e. The first-order valence-corrected chi connectivity index (χ1v) is 5.77. The number of nitriles is 1. The van der Waals surface area contributed by atoms with Gasteiger partial charge in [0.25, 0.3) is 0 Å². The Kier molecular flexibility index (Phi) is 3.75. The molecule has 2 rings (SSSR count). The van der Waals surface area contributed by atoms with Crippen molar-refractivity contribution in [3.8, 4) is 11.8 Å². The Morgan fingerprint density at radius 3 is 2.78 bits per heavy atom. The summed E-state index contributed by atoms with van der Waals surface area (Å²) >= 11 is 0. The molecule has 1 heterocycles. The van der Waals surface area contributed by atoms with E-state index in [1.165, 1.54) is 6.07 Å². The van der Waals surface area contributed by atoms with Crippen molar-refractivity contribution in [1.29, 1.82) is 5.26 Å². The molecule has 0 radical (unpaired) electrons. The van der Waals surface area contributed by atoms with Gasteiger partial charge in [-0.25, -0.2) is 0 Å². The normalized spacial score (nSPS) is 15.9. The van der Waals surface area contributed by atoms with Gasteiger partial charge in [-0.05, 0) is 38.1 Å². The van der Waals surface area contributed by atoms with Crippen molar-refractivity contribution in [2.45, 2.75) is 18.9 Å². The number of nitrogens with zero attached hydrogens (tertiary/aromatic N) is 2. The fourth-order valence-corrected chi connectivity index (χ4v) is 1.99. The van der Waals surface area contributed by atoms with Gasteiger partial charge in [0.05, 0.1) is 4.92 Å². The van der Waals surface area contributed by atoms with Gasteiger partial charge in [0, 0.05) is 0 Å². The van der Waals surface area contributed by atoms with Crippen LogP contribution in [0.4, 0.5) is 5.69 Å². The van der Waals surface area contributed by atoms with Gasteiger partial charge in [-0.1, -0.05) is 6.07 Å². The molecule has 1 aliphatic heterocycles. The molecule has 0 aromatic heterocycles. The highest BCUT2D eigenvalue weighted by molar-refractivity contribution is 5.58. The topological polar surface area (TPSA) is 88.2 Å². The number of benzene rings is 1. The van der Waals surface area contributed by atoms with Crippen molar-refractivity contribution in [3.05, 3.63) is 33.9 Å². The van der Waals surface area contributed by atoms with Crippen LogP contribution in [0.5, 0.6) is 5.75 Å². The van der Waals surface area contributed by atoms with E-state index in [2.05, 4.69) is 5.32 Å². The molecule has 1 fully saturated rings. The summed E-state index contributed by atoms with van der Waals surface area (Å²) in [5, 5.41) is 23.1. The molecule has 1 aliphatic rings. The first-order chi connectivity index (χ1) is 8.72. The number of nitrogens with one attached hydrogen (secondary N) is 1. The first-order valence-electron chi connectivity index (χ1n) is 5.77. The summed E-state index contributed by atoms with van der Waals surface area (Å²) in [4.78, 5) is 10.4. The minimum atomic E-state index is -0.561. The Labute approximate surface area is 104 Å². The molecular weight excluding hydrogens is 234 g/mol. The average Bonchev–Trinajstić information content (AvgIpc) is 2.39. The predicted molar refractivity (Wildman–Crippen MR) is 64.3 cm³/mol. The number of para-hydroxylation sites is 1. The molecule has 1 aromatic rings. The van der Waals surface area contributed by atoms with Gasteiger partial charge in [-0.2, -0.15) is 5.26 Å². The van der Waals surface area contributed by atoms with Gasteiger partial charge in [0.15, 0.2) is 5.75 Å². The van der Waals surface area contributed by atoms with Gasteiger partial charge >= 0.3 is 5.69 Å². The summed E-state index contributed by atoms with van der Waals surface area (Å²) in [6.45, 7) is 1.69. The molecule has 0 saturated carbocycles. The number of piperidine rings is 1. The second-order valence-electron chi connectivity index (χ2n) is 4.09. The van der Waals surface area contributed by atoms with Crippen LogP contribution in [0.2, 0.25) is 0 Å². The molecule has 6 nitrogen and oxygen atoms in total. The number of nitro benzene ring substituents is 1. The summed E-state index contributed by atoms with van der Waals surface area (Å²) in [5.74, 6) is 0.186. The molecular formula is C12H13N3O3. The highest BCUT2D eigenvalue weighted by Gasteiger charge is 2.24. The third-order valence-corrected chi connectivity index (χ3v) is 2.88. The smallest absolute Gasteiger partial charge is 0.328 e. The lowest BCUT2D eigenvalue weighted by molar-refractivity contribution is -0.386. The lowest BCUT2D eigenvalue weighted by Crippen LogP contribution is -2.34. The van der Waals surface area contributed by atoms with E-state index in [9.17, 15) is 10.1 Å². The van der Waals surface area contributed by atoms with Crippen LogP contribution in [0.25, 0.3) is 0 Å². The molecule has 0 atom stereocenters. The van der Waals surface area contributed by atoms with Crippen LogP contribution in [-0.2, 0) is 0 Å².